The predicted octanol–water partition coefficient (Wildman–Crippen LogP) is 4.63. The first-order chi connectivity index (χ1) is 8.63. The molecule has 1 atom stereocenters. The lowest BCUT2D eigenvalue weighted by Gasteiger charge is -2.13. The van der Waals surface area contributed by atoms with Gasteiger partial charge in [0.25, 0.3) is 0 Å². The maximum atomic E-state index is 6.21. The molecular weight excluding hydrogens is 238 g/mol. The summed E-state index contributed by atoms with van der Waals surface area (Å²) in [6.45, 7) is 6.54. The molecule has 0 aliphatic carbocycles. The van der Waals surface area contributed by atoms with Crippen molar-refractivity contribution in [1.82, 2.24) is 0 Å². The van der Waals surface area contributed by atoms with Crippen LogP contribution in [-0.2, 0) is 6.42 Å². The van der Waals surface area contributed by atoms with Crippen molar-refractivity contribution in [3.8, 4) is 10.4 Å². The normalized spacial score (nSPS) is 12.9. The first-order valence-corrected chi connectivity index (χ1v) is 7.38. The minimum absolute atomic E-state index is 0.150. The van der Waals surface area contributed by atoms with Crippen LogP contribution in [0.1, 0.15) is 37.3 Å². The topological polar surface area (TPSA) is 26.0 Å². The average Bonchev–Trinajstić information content (AvgIpc) is 2.87. The predicted molar refractivity (Wildman–Crippen MR) is 80.9 cm³/mol. The second kappa shape index (κ2) is 5.68. The zero-order valence-corrected chi connectivity index (χ0v) is 12.1. The van der Waals surface area contributed by atoms with Crippen LogP contribution in [0.5, 0.6) is 0 Å². The Hall–Kier alpha value is -1.12. The number of benzene rings is 1. The smallest absolute Gasteiger partial charge is 0.0413 e. The van der Waals surface area contributed by atoms with Crippen molar-refractivity contribution in [3.63, 3.8) is 0 Å². The van der Waals surface area contributed by atoms with Crippen LogP contribution in [0.2, 0.25) is 0 Å². The van der Waals surface area contributed by atoms with Crippen LogP contribution < -0.4 is 5.73 Å². The Labute approximate surface area is 114 Å². The van der Waals surface area contributed by atoms with Gasteiger partial charge < -0.3 is 5.73 Å². The maximum Gasteiger partial charge on any atom is 0.0413 e. The summed E-state index contributed by atoms with van der Waals surface area (Å²) >= 11 is 1.83. The van der Waals surface area contributed by atoms with Crippen LogP contribution in [0.3, 0.4) is 0 Å². The summed E-state index contributed by atoms with van der Waals surface area (Å²) in [6, 6.07) is 13.2. The van der Waals surface area contributed by atoms with E-state index in [2.05, 4.69) is 57.2 Å². The lowest BCUT2D eigenvalue weighted by atomic mass is 10.0. The molecule has 1 nitrogen and oxygen atoms in total. The molecule has 0 fully saturated rings. The third kappa shape index (κ3) is 2.65. The van der Waals surface area contributed by atoms with E-state index in [1.165, 1.54) is 20.9 Å². The van der Waals surface area contributed by atoms with Crippen LogP contribution in [0.15, 0.2) is 36.4 Å². The molecule has 0 saturated heterocycles. The molecule has 0 spiro atoms. The molecule has 1 aromatic heterocycles. The van der Waals surface area contributed by atoms with Gasteiger partial charge in [-0.05, 0) is 35.6 Å². The summed E-state index contributed by atoms with van der Waals surface area (Å²) < 4.78 is 0. The second-order valence-corrected chi connectivity index (χ2v) is 6.10. The Morgan fingerprint density at radius 1 is 1.11 bits per heavy atom. The maximum absolute atomic E-state index is 6.21. The van der Waals surface area contributed by atoms with Crippen molar-refractivity contribution < 1.29 is 0 Å². The van der Waals surface area contributed by atoms with Crippen molar-refractivity contribution in [2.45, 2.75) is 33.2 Å². The Morgan fingerprint density at radius 3 is 2.50 bits per heavy atom. The van der Waals surface area contributed by atoms with Gasteiger partial charge in [0.1, 0.15) is 0 Å². The van der Waals surface area contributed by atoms with Gasteiger partial charge in [-0.1, -0.05) is 45.0 Å². The zero-order valence-electron chi connectivity index (χ0n) is 11.3. The lowest BCUT2D eigenvalue weighted by molar-refractivity contribution is 0.521. The van der Waals surface area contributed by atoms with Crippen LogP contribution in [0.25, 0.3) is 10.4 Å². The number of hydrogen-bond donors (Lipinski definition) is 1. The molecule has 0 amide bonds. The van der Waals surface area contributed by atoms with Crippen molar-refractivity contribution >= 4 is 11.3 Å². The van der Waals surface area contributed by atoms with Crippen molar-refractivity contribution in [3.05, 3.63) is 46.8 Å². The molecule has 1 aromatic carbocycles. The van der Waals surface area contributed by atoms with E-state index in [0.717, 1.165) is 6.42 Å². The molecule has 0 radical (unpaired) electrons. The van der Waals surface area contributed by atoms with Gasteiger partial charge in [0.05, 0.1) is 0 Å². The standard InChI is InChI=1S/C16H21NS/c1-4-12-7-5-6-8-13(12)14-9-10-15(18-14)16(17)11(2)3/h5-11,16H,4,17H2,1-3H3. The summed E-state index contributed by atoms with van der Waals surface area (Å²) in [5.41, 5.74) is 8.97. The molecule has 0 aliphatic heterocycles. The van der Waals surface area contributed by atoms with Gasteiger partial charge in [-0.3, -0.25) is 0 Å². The number of thiophene rings is 1. The Bertz CT molecular complexity index is 513. The molecule has 96 valence electrons. The van der Waals surface area contributed by atoms with E-state index in [-0.39, 0.29) is 6.04 Å². The minimum Gasteiger partial charge on any atom is -0.323 e. The molecule has 2 rings (SSSR count). The summed E-state index contributed by atoms with van der Waals surface area (Å²) in [4.78, 5) is 2.62. The number of aryl methyl sites for hydroxylation is 1. The fourth-order valence-electron chi connectivity index (χ4n) is 2.07. The first kappa shape index (κ1) is 13.3. The molecular formula is C16H21NS. The van der Waals surface area contributed by atoms with Gasteiger partial charge in [0.15, 0.2) is 0 Å². The lowest BCUT2D eigenvalue weighted by Crippen LogP contribution is -2.14. The highest BCUT2D eigenvalue weighted by atomic mass is 32.1. The highest BCUT2D eigenvalue weighted by Gasteiger charge is 2.14. The number of hydrogen-bond acceptors (Lipinski definition) is 2. The summed E-state index contributed by atoms with van der Waals surface area (Å²) in [7, 11) is 0. The Kier molecular flexibility index (Phi) is 4.20. The monoisotopic (exact) mass is 259 g/mol. The molecule has 0 saturated carbocycles. The van der Waals surface area contributed by atoms with Crippen molar-refractivity contribution in [2.75, 3.05) is 0 Å². The molecule has 1 unspecified atom stereocenters. The summed E-state index contributed by atoms with van der Waals surface area (Å²) in [5, 5.41) is 0. The van der Waals surface area contributed by atoms with Crippen LogP contribution in [0, 0.1) is 5.92 Å². The van der Waals surface area contributed by atoms with E-state index in [0.29, 0.717) is 5.92 Å². The van der Waals surface area contributed by atoms with Gasteiger partial charge in [0.2, 0.25) is 0 Å². The SMILES string of the molecule is CCc1ccccc1-c1ccc(C(N)C(C)C)s1. The van der Waals surface area contributed by atoms with Crippen LogP contribution >= 0.6 is 11.3 Å². The molecule has 0 aliphatic rings. The molecule has 2 aromatic rings. The fourth-order valence-corrected chi connectivity index (χ4v) is 3.32. The van der Waals surface area contributed by atoms with E-state index in [1.54, 1.807) is 0 Å². The van der Waals surface area contributed by atoms with E-state index >= 15 is 0 Å². The van der Waals surface area contributed by atoms with Crippen molar-refractivity contribution in [1.29, 1.82) is 0 Å². The number of rotatable bonds is 4. The molecule has 1 heterocycles. The van der Waals surface area contributed by atoms with Crippen LogP contribution in [-0.4, -0.2) is 0 Å². The van der Waals surface area contributed by atoms with Gasteiger partial charge in [-0.2, -0.15) is 0 Å². The largest absolute Gasteiger partial charge is 0.323 e. The van der Waals surface area contributed by atoms with E-state index in [4.69, 9.17) is 5.73 Å². The Morgan fingerprint density at radius 2 is 1.83 bits per heavy atom. The van der Waals surface area contributed by atoms with E-state index in [1.807, 2.05) is 11.3 Å². The molecule has 2 heteroatoms. The molecule has 0 bridgehead atoms. The minimum atomic E-state index is 0.150. The van der Waals surface area contributed by atoms with Gasteiger partial charge in [-0.15, -0.1) is 11.3 Å². The number of nitrogens with two attached hydrogens (primary N) is 1. The van der Waals surface area contributed by atoms with E-state index < -0.39 is 0 Å². The van der Waals surface area contributed by atoms with Crippen molar-refractivity contribution in [2.24, 2.45) is 11.7 Å². The molecule has 18 heavy (non-hydrogen) atoms. The highest BCUT2D eigenvalue weighted by molar-refractivity contribution is 7.15. The van der Waals surface area contributed by atoms with Crippen LogP contribution in [0.4, 0.5) is 0 Å². The van der Waals surface area contributed by atoms with E-state index in [9.17, 15) is 0 Å². The highest BCUT2D eigenvalue weighted by Crippen LogP contribution is 2.34. The summed E-state index contributed by atoms with van der Waals surface area (Å²) in [5.74, 6) is 0.484. The molecule has 2 N–H and O–H groups in total. The summed E-state index contributed by atoms with van der Waals surface area (Å²) in [6.07, 6.45) is 1.07. The Balaban J connectivity index is 2.35. The average molecular weight is 259 g/mol. The van der Waals surface area contributed by atoms with Gasteiger partial charge in [0, 0.05) is 15.8 Å². The quantitative estimate of drug-likeness (QED) is 0.851. The second-order valence-electron chi connectivity index (χ2n) is 4.98. The first-order valence-electron chi connectivity index (χ1n) is 6.57. The van der Waals surface area contributed by atoms with Gasteiger partial charge in [-0.25, -0.2) is 0 Å². The fraction of sp³-hybridized carbons (Fsp3) is 0.375. The van der Waals surface area contributed by atoms with Gasteiger partial charge >= 0.3 is 0 Å². The third-order valence-corrected chi connectivity index (χ3v) is 4.56. The third-order valence-electron chi connectivity index (χ3n) is 3.34. The zero-order chi connectivity index (χ0) is 13.1.